The van der Waals surface area contributed by atoms with E-state index in [0.717, 1.165) is 12.8 Å². The van der Waals surface area contributed by atoms with Crippen molar-refractivity contribution in [2.75, 3.05) is 0 Å². The number of epoxide rings is 1. The Kier molecular flexibility index (Phi) is 1.66. The van der Waals surface area contributed by atoms with Gasteiger partial charge in [-0.25, -0.2) is 0 Å². The molecule has 106 valence electrons. The SMILES string of the molecule is C[Si](C)(C)C1=C([N+](=O)[O-])[C@H]2C[C@H]1[C@@]13O[C@]21[C@H]1C=C[C@H]3C1. The van der Waals surface area contributed by atoms with E-state index in [9.17, 15) is 10.1 Å². The van der Waals surface area contributed by atoms with E-state index in [1.165, 1.54) is 5.20 Å². The minimum atomic E-state index is -1.68. The van der Waals surface area contributed by atoms with Crippen molar-refractivity contribution in [1.82, 2.24) is 0 Å². The first-order valence-electron chi connectivity index (χ1n) is 7.61. The fourth-order valence-electron chi connectivity index (χ4n) is 6.26. The normalized spacial score (nSPS) is 53.5. The number of ether oxygens (including phenoxy) is 1. The first-order valence-corrected chi connectivity index (χ1v) is 11.1. The van der Waals surface area contributed by atoms with Gasteiger partial charge in [-0.05, 0) is 18.0 Å². The summed E-state index contributed by atoms with van der Waals surface area (Å²) in [6.45, 7) is 6.74. The fourth-order valence-corrected chi connectivity index (χ4v) is 8.67. The van der Waals surface area contributed by atoms with Gasteiger partial charge in [-0.15, -0.1) is 0 Å². The zero-order valence-electron chi connectivity index (χ0n) is 12.1. The van der Waals surface area contributed by atoms with Crippen molar-refractivity contribution in [3.8, 4) is 0 Å². The van der Waals surface area contributed by atoms with Crippen molar-refractivity contribution in [2.24, 2.45) is 23.7 Å². The highest BCUT2D eigenvalue weighted by atomic mass is 28.3. The van der Waals surface area contributed by atoms with Crippen LogP contribution in [0, 0.1) is 33.8 Å². The molecule has 0 aromatic heterocycles. The Hall–Kier alpha value is -0.943. The maximum absolute atomic E-state index is 11.7. The summed E-state index contributed by atoms with van der Waals surface area (Å²) in [7, 11) is -1.68. The molecule has 1 saturated heterocycles. The van der Waals surface area contributed by atoms with Crippen LogP contribution in [0.1, 0.15) is 12.8 Å². The molecule has 4 aliphatic carbocycles. The molecular weight excluding hydrogens is 270 g/mol. The lowest BCUT2D eigenvalue weighted by atomic mass is 9.75. The van der Waals surface area contributed by atoms with Gasteiger partial charge in [0.05, 0.1) is 18.9 Å². The average Bonchev–Trinajstić information content (AvgIpc) is 2.77. The van der Waals surface area contributed by atoms with E-state index in [-0.39, 0.29) is 22.0 Å². The summed E-state index contributed by atoms with van der Waals surface area (Å²) >= 11 is 0. The highest BCUT2D eigenvalue weighted by molar-refractivity contribution is 6.83. The average molecular weight is 289 g/mol. The van der Waals surface area contributed by atoms with Gasteiger partial charge in [0, 0.05) is 17.8 Å². The Balaban J connectivity index is 1.74. The minimum Gasteiger partial charge on any atom is -0.360 e. The van der Waals surface area contributed by atoms with E-state index >= 15 is 0 Å². The smallest absolute Gasteiger partial charge is 0.248 e. The van der Waals surface area contributed by atoms with E-state index in [1.54, 1.807) is 0 Å². The topological polar surface area (TPSA) is 55.7 Å². The van der Waals surface area contributed by atoms with Gasteiger partial charge in [-0.2, -0.15) is 0 Å². The molecule has 5 heteroatoms. The molecule has 20 heavy (non-hydrogen) atoms. The standard InChI is InChI=1S/C15H19NO3Si/c1-20(2,3)13-11-7-10(12(13)16(17)18)14-8-4-5-9(6-8)15(11,14)19-14/h4-5,8-11H,6-7H2,1-3H3/t8-,9-,10+,11+,14+,15+/m0/s1. The van der Waals surface area contributed by atoms with Crippen LogP contribution in [0.25, 0.3) is 0 Å². The molecule has 6 atom stereocenters. The van der Waals surface area contributed by atoms with Crippen molar-refractivity contribution in [1.29, 1.82) is 0 Å². The number of hydrogen-bond acceptors (Lipinski definition) is 3. The number of hydrogen-bond donors (Lipinski definition) is 0. The van der Waals surface area contributed by atoms with Gasteiger partial charge >= 0.3 is 0 Å². The molecule has 1 aliphatic heterocycles. The second-order valence-electron chi connectivity index (χ2n) is 8.17. The van der Waals surface area contributed by atoms with Crippen LogP contribution in [0.5, 0.6) is 0 Å². The van der Waals surface area contributed by atoms with Crippen LogP contribution in [0.3, 0.4) is 0 Å². The Morgan fingerprint density at radius 2 is 1.80 bits per heavy atom. The monoisotopic (exact) mass is 289 g/mol. The molecule has 0 unspecified atom stereocenters. The van der Waals surface area contributed by atoms with Crippen molar-refractivity contribution in [2.45, 2.75) is 43.7 Å². The first-order chi connectivity index (χ1) is 9.34. The van der Waals surface area contributed by atoms with Crippen LogP contribution in [-0.4, -0.2) is 24.2 Å². The zero-order valence-corrected chi connectivity index (χ0v) is 13.1. The Labute approximate surface area is 119 Å². The van der Waals surface area contributed by atoms with Crippen molar-refractivity contribution in [3.05, 3.63) is 33.2 Å². The Bertz CT molecular complexity index is 634. The summed E-state index contributed by atoms with van der Waals surface area (Å²) < 4.78 is 6.36. The van der Waals surface area contributed by atoms with Gasteiger partial charge in [0.2, 0.25) is 5.70 Å². The zero-order chi connectivity index (χ0) is 14.1. The second kappa shape index (κ2) is 2.83. The lowest BCUT2D eigenvalue weighted by Crippen LogP contribution is -2.44. The second-order valence-corrected chi connectivity index (χ2v) is 13.2. The van der Waals surface area contributed by atoms with Gasteiger partial charge in [-0.1, -0.05) is 31.8 Å². The molecule has 0 amide bonds. The fraction of sp³-hybridized carbons (Fsp3) is 0.733. The van der Waals surface area contributed by atoms with Gasteiger partial charge < -0.3 is 4.74 Å². The largest absolute Gasteiger partial charge is 0.360 e. The number of nitrogens with zero attached hydrogens (tertiary/aromatic N) is 1. The van der Waals surface area contributed by atoms with E-state index in [4.69, 9.17) is 4.74 Å². The predicted octanol–water partition coefficient (Wildman–Crippen LogP) is 2.76. The molecule has 4 nitrogen and oxygen atoms in total. The molecule has 0 N–H and O–H groups in total. The van der Waals surface area contributed by atoms with Crippen LogP contribution in [0.2, 0.25) is 19.6 Å². The molecule has 2 saturated carbocycles. The van der Waals surface area contributed by atoms with Gasteiger partial charge in [0.25, 0.3) is 0 Å². The third-order valence-electron chi connectivity index (χ3n) is 6.56. The van der Waals surface area contributed by atoms with Crippen LogP contribution in [0.15, 0.2) is 23.0 Å². The van der Waals surface area contributed by atoms with Crippen molar-refractivity contribution >= 4 is 8.07 Å². The predicted molar refractivity (Wildman–Crippen MR) is 76.2 cm³/mol. The summed E-state index contributed by atoms with van der Waals surface area (Å²) in [5.41, 5.74) is 0.345. The van der Waals surface area contributed by atoms with Crippen molar-refractivity contribution < 1.29 is 9.66 Å². The molecule has 0 aromatic rings. The maximum Gasteiger partial charge on any atom is 0.248 e. The van der Waals surface area contributed by atoms with E-state index in [2.05, 4.69) is 31.8 Å². The summed E-state index contributed by atoms with van der Waals surface area (Å²) in [4.78, 5) is 11.6. The van der Waals surface area contributed by atoms with E-state index in [0.29, 0.717) is 23.5 Å². The van der Waals surface area contributed by atoms with Crippen LogP contribution < -0.4 is 0 Å². The van der Waals surface area contributed by atoms with Crippen LogP contribution in [-0.2, 0) is 4.74 Å². The molecule has 5 aliphatic rings. The third kappa shape index (κ3) is 0.871. The molecule has 0 aromatic carbocycles. The van der Waals surface area contributed by atoms with Gasteiger partial charge in [-0.3, -0.25) is 10.1 Å². The van der Waals surface area contributed by atoms with Gasteiger partial charge in [0.15, 0.2) is 0 Å². The third-order valence-corrected chi connectivity index (χ3v) is 8.78. The summed E-state index contributed by atoms with van der Waals surface area (Å²) in [5, 5.41) is 12.9. The maximum atomic E-state index is 11.7. The van der Waals surface area contributed by atoms with E-state index in [1.807, 2.05) is 0 Å². The Morgan fingerprint density at radius 3 is 2.35 bits per heavy atom. The number of rotatable bonds is 2. The quantitative estimate of drug-likeness (QED) is 0.258. The molecule has 5 rings (SSSR count). The highest BCUT2D eigenvalue weighted by Gasteiger charge is 2.93. The van der Waals surface area contributed by atoms with Crippen molar-refractivity contribution in [3.63, 3.8) is 0 Å². The summed E-state index contributed by atoms with van der Waals surface area (Å²) in [6.07, 6.45) is 6.73. The molecular formula is C15H19NO3Si. The molecule has 4 bridgehead atoms. The number of fused-ring (bicyclic) bond motifs is 4. The summed E-state index contributed by atoms with van der Waals surface area (Å²) in [5.74, 6) is 1.34. The molecule has 3 fully saturated rings. The first kappa shape index (κ1) is 11.7. The van der Waals surface area contributed by atoms with Crippen LogP contribution in [0.4, 0.5) is 0 Å². The van der Waals surface area contributed by atoms with E-state index < -0.39 is 8.07 Å². The Morgan fingerprint density at radius 1 is 1.20 bits per heavy atom. The lowest BCUT2D eigenvalue weighted by molar-refractivity contribution is -0.435. The van der Waals surface area contributed by atoms with Gasteiger partial charge in [0.1, 0.15) is 11.2 Å². The van der Waals surface area contributed by atoms with Crippen LogP contribution >= 0.6 is 0 Å². The summed E-state index contributed by atoms with van der Waals surface area (Å²) in [6, 6.07) is 0. The minimum absolute atomic E-state index is 0.0355. The highest BCUT2D eigenvalue weighted by Crippen LogP contribution is 2.83. The number of nitro groups is 1. The molecule has 1 heterocycles. The lowest BCUT2D eigenvalue weighted by Gasteiger charge is -2.31. The molecule has 0 spiro atoms. The molecule has 0 radical (unpaired) electrons.